The van der Waals surface area contributed by atoms with Gasteiger partial charge in [-0.3, -0.25) is 4.79 Å². The van der Waals surface area contributed by atoms with Crippen molar-refractivity contribution >= 4 is 21.4 Å². The van der Waals surface area contributed by atoms with Gasteiger partial charge in [-0.1, -0.05) is 0 Å². The van der Waals surface area contributed by atoms with Crippen molar-refractivity contribution in [2.45, 2.75) is 32.4 Å². The Morgan fingerprint density at radius 3 is 2.79 bits per heavy atom. The monoisotopic (exact) mass is 285 g/mol. The highest BCUT2D eigenvalue weighted by molar-refractivity contribution is 7.91. The van der Waals surface area contributed by atoms with Crippen LogP contribution in [-0.2, 0) is 16.4 Å². The summed E-state index contributed by atoms with van der Waals surface area (Å²) in [5, 5.41) is 2.82. The Morgan fingerprint density at radius 2 is 2.26 bits per heavy atom. The minimum atomic E-state index is -3.04. The number of hydrogen-bond acceptors (Lipinski definition) is 4. The van der Waals surface area contributed by atoms with E-state index in [0.29, 0.717) is 24.3 Å². The molecule has 1 aliphatic rings. The molecule has 0 aliphatic carbocycles. The van der Waals surface area contributed by atoms with E-state index < -0.39 is 15.4 Å². The van der Waals surface area contributed by atoms with Crippen LogP contribution in [0.15, 0.2) is 12.3 Å². The maximum absolute atomic E-state index is 12.2. The largest absolute Gasteiger partial charge is 0.397 e. The number of aromatic nitrogens is 1. The molecule has 106 valence electrons. The van der Waals surface area contributed by atoms with Crippen LogP contribution in [0.1, 0.15) is 30.8 Å². The van der Waals surface area contributed by atoms with Gasteiger partial charge in [0.2, 0.25) is 0 Å². The van der Waals surface area contributed by atoms with Crippen molar-refractivity contribution in [1.29, 1.82) is 0 Å². The molecule has 0 bridgehead atoms. The second-order valence-electron chi connectivity index (χ2n) is 5.30. The third-order valence-corrected chi connectivity index (χ3v) is 5.31. The summed E-state index contributed by atoms with van der Waals surface area (Å²) in [7, 11) is -3.04. The minimum absolute atomic E-state index is 0.00590. The molecule has 0 aromatic carbocycles. The fraction of sp³-hybridized carbons (Fsp3) is 0.583. The van der Waals surface area contributed by atoms with E-state index in [0.717, 1.165) is 0 Å². The fourth-order valence-corrected chi connectivity index (χ4v) is 4.53. The molecule has 1 aromatic rings. The van der Waals surface area contributed by atoms with Crippen LogP contribution in [-0.4, -0.2) is 35.9 Å². The van der Waals surface area contributed by atoms with Crippen LogP contribution in [0.2, 0.25) is 0 Å². The number of hydrogen-bond donors (Lipinski definition) is 2. The highest BCUT2D eigenvalue weighted by atomic mass is 32.2. The quantitative estimate of drug-likeness (QED) is 0.840. The Kier molecular flexibility index (Phi) is 3.34. The molecule has 3 N–H and O–H groups in total. The van der Waals surface area contributed by atoms with Crippen LogP contribution in [0.5, 0.6) is 0 Å². The second-order valence-corrected chi connectivity index (χ2v) is 7.49. The first-order valence-corrected chi connectivity index (χ1v) is 8.05. The van der Waals surface area contributed by atoms with Gasteiger partial charge in [-0.15, -0.1) is 0 Å². The summed E-state index contributed by atoms with van der Waals surface area (Å²) in [6.45, 7) is 4.31. The highest BCUT2D eigenvalue weighted by Gasteiger charge is 2.39. The van der Waals surface area contributed by atoms with Gasteiger partial charge in [0.25, 0.3) is 5.91 Å². The molecule has 6 nitrogen and oxygen atoms in total. The van der Waals surface area contributed by atoms with E-state index in [1.165, 1.54) is 0 Å². The van der Waals surface area contributed by atoms with Crippen LogP contribution in [0, 0.1) is 0 Å². The van der Waals surface area contributed by atoms with Crippen molar-refractivity contribution in [3.8, 4) is 0 Å². The molecule has 1 fully saturated rings. The van der Waals surface area contributed by atoms with Crippen LogP contribution >= 0.6 is 0 Å². The summed E-state index contributed by atoms with van der Waals surface area (Å²) in [6, 6.07) is 1.60. The molecule has 1 aliphatic heterocycles. The van der Waals surface area contributed by atoms with Gasteiger partial charge < -0.3 is 15.6 Å². The molecule has 2 heterocycles. The molecular weight excluding hydrogens is 266 g/mol. The maximum Gasteiger partial charge on any atom is 0.268 e. The lowest BCUT2D eigenvalue weighted by Gasteiger charge is -2.24. The number of nitrogens with one attached hydrogen (secondary N) is 1. The predicted molar refractivity (Wildman–Crippen MR) is 73.7 cm³/mol. The summed E-state index contributed by atoms with van der Waals surface area (Å²) < 4.78 is 24.8. The van der Waals surface area contributed by atoms with E-state index in [2.05, 4.69) is 5.32 Å². The number of nitrogens with two attached hydrogens (primary N) is 1. The number of carbonyl (C=O) groups excluding carboxylic acids is 1. The van der Waals surface area contributed by atoms with E-state index in [1.807, 2.05) is 6.92 Å². The van der Waals surface area contributed by atoms with Gasteiger partial charge in [-0.2, -0.15) is 0 Å². The average molecular weight is 285 g/mol. The van der Waals surface area contributed by atoms with E-state index in [1.54, 1.807) is 23.8 Å². The number of sulfone groups is 1. The molecule has 0 radical (unpaired) electrons. The fourth-order valence-electron chi connectivity index (χ4n) is 2.43. The van der Waals surface area contributed by atoms with Crippen LogP contribution in [0.25, 0.3) is 0 Å². The first-order chi connectivity index (χ1) is 8.75. The molecule has 1 atom stereocenters. The summed E-state index contributed by atoms with van der Waals surface area (Å²) >= 11 is 0. The van der Waals surface area contributed by atoms with Gasteiger partial charge in [0.15, 0.2) is 9.84 Å². The van der Waals surface area contributed by atoms with Crippen molar-refractivity contribution < 1.29 is 13.2 Å². The molecular formula is C12H19N3O3S. The lowest BCUT2D eigenvalue weighted by atomic mass is 10.0. The standard InChI is InChI=1S/C12H19N3O3S/c1-3-15-7-9(13)6-10(15)11(16)14-12(2)4-5-19(17,18)8-12/h6-7H,3-5,8,13H2,1-2H3,(H,14,16). The van der Waals surface area contributed by atoms with Crippen molar-refractivity contribution in [1.82, 2.24) is 9.88 Å². The minimum Gasteiger partial charge on any atom is -0.397 e. The molecule has 0 saturated carbocycles. The molecule has 0 spiro atoms. The van der Waals surface area contributed by atoms with Gasteiger partial charge in [0, 0.05) is 12.7 Å². The Morgan fingerprint density at radius 1 is 1.58 bits per heavy atom. The van der Waals surface area contributed by atoms with Gasteiger partial charge >= 0.3 is 0 Å². The molecule has 2 rings (SSSR count). The first kappa shape index (κ1) is 13.9. The topological polar surface area (TPSA) is 94.2 Å². The van der Waals surface area contributed by atoms with Crippen molar-refractivity contribution in [2.75, 3.05) is 17.2 Å². The number of nitrogens with zero attached hydrogens (tertiary/aromatic N) is 1. The summed E-state index contributed by atoms with van der Waals surface area (Å²) in [4.78, 5) is 12.2. The Labute approximate surface area is 112 Å². The van der Waals surface area contributed by atoms with Crippen LogP contribution in [0.4, 0.5) is 5.69 Å². The van der Waals surface area contributed by atoms with E-state index >= 15 is 0 Å². The number of aryl methyl sites for hydroxylation is 1. The zero-order valence-electron chi connectivity index (χ0n) is 11.1. The summed E-state index contributed by atoms with van der Waals surface area (Å²) in [5.74, 6) is -0.160. The van der Waals surface area contributed by atoms with Crippen molar-refractivity contribution in [3.05, 3.63) is 18.0 Å². The molecule has 19 heavy (non-hydrogen) atoms. The summed E-state index contributed by atoms with van der Waals surface area (Å²) in [6.07, 6.45) is 2.14. The Hall–Kier alpha value is -1.50. The lowest BCUT2D eigenvalue weighted by molar-refractivity contribution is 0.0906. The SMILES string of the molecule is CCn1cc(N)cc1C(=O)NC1(C)CCS(=O)(=O)C1. The Balaban J connectivity index is 2.18. The second kappa shape index (κ2) is 4.56. The van der Waals surface area contributed by atoms with Crippen molar-refractivity contribution in [3.63, 3.8) is 0 Å². The van der Waals surface area contributed by atoms with Crippen LogP contribution in [0.3, 0.4) is 0 Å². The van der Waals surface area contributed by atoms with E-state index in [9.17, 15) is 13.2 Å². The average Bonchev–Trinajstić information content (AvgIpc) is 2.79. The zero-order chi connectivity index (χ0) is 14.3. The van der Waals surface area contributed by atoms with E-state index in [-0.39, 0.29) is 17.4 Å². The third kappa shape index (κ3) is 2.91. The first-order valence-electron chi connectivity index (χ1n) is 6.23. The maximum atomic E-state index is 12.2. The number of amides is 1. The van der Waals surface area contributed by atoms with E-state index in [4.69, 9.17) is 5.73 Å². The molecule has 1 amide bonds. The van der Waals surface area contributed by atoms with Crippen LogP contribution < -0.4 is 11.1 Å². The number of anilines is 1. The number of nitrogen functional groups attached to an aromatic ring is 1. The van der Waals surface area contributed by atoms with Gasteiger partial charge in [0.05, 0.1) is 22.7 Å². The predicted octanol–water partition coefficient (Wildman–Crippen LogP) is 0.397. The molecule has 1 unspecified atom stereocenters. The lowest BCUT2D eigenvalue weighted by Crippen LogP contribution is -2.47. The van der Waals surface area contributed by atoms with Gasteiger partial charge in [-0.05, 0) is 26.3 Å². The molecule has 1 aromatic heterocycles. The van der Waals surface area contributed by atoms with Crippen molar-refractivity contribution in [2.24, 2.45) is 0 Å². The number of rotatable bonds is 3. The smallest absolute Gasteiger partial charge is 0.268 e. The zero-order valence-corrected chi connectivity index (χ0v) is 12.0. The summed E-state index contributed by atoms with van der Waals surface area (Å²) in [5.41, 5.74) is 5.98. The Bertz CT molecular complexity index is 606. The van der Waals surface area contributed by atoms with Gasteiger partial charge in [-0.25, -0.2) is 8.42 Å². The molecule has 7 heteroatoms. The molecule has 1 saturated heterocycles. The third-order valence-electron chi connectivity index (χ3n) is 3.41. The van der Waals surface area contributed by atoms with Gasteiger partial charge in [0.1, 0.15) is 5.69 Å². The normalized spacial score (nSPS) is 25.4. The highest BCUT2D eigenvalue weighted by Crippen LogP contribution is 2.23. The number of carbonyl (C=O) groups is 1.